The van der Waals surface area contributed by atoms with Crippen LogP contribution in [0.5, 0.6) is 11.5 Å². The first-order valence-corrected chi connectivity index (χ1v) is 9.57. The second-order valence-electron chi connectivity index (χ2n) is 7.45. The molecule has 0 aliphatic carbocycles. The van der Waals surface area contributed by atoms with E-state index in [1.54, 1.807) is 18.2 Å². The highest BCUT2D eigenvalue weighted by Crippen LogP contribution is 2.29. The Kier molecular flexibility index (Phi) is 6.50. The Morgan fingerprint density at radius 1 is 0.964 bits per heavy atom. The molecular formula is C22H26F3NO2. The Balaban J connectivity index is 1.45. The van der Waals surface area contributed by atoms with Crippen LogP contribution in [0, 0.1) is 0 Å². The Labute approximate surface area is 164 Å². The number of rotatable bonds is 7. The van der Waals surface area contributed by atoms with Crippen LogP contribution in [0.2, 0.25) is 0 Å². The summed E-state index contributed by atoms with van der Waals surface area (Å²) in [4.78, 5) is 2.27. The van der Waals surface area contributed by atoms with Crippen molar-refractivity contribution in [1.29, 1.82) is 0 Å². The van der Waals surface area contributed by atoms with E-state index in [2.05, 4.69) is 11.8 Å². The molecule has 0 radical (unpaired) electrons. The smallest absolute Gasteiger partial charge is 0.393 e. The third-order valence-corrected chi connectivity index (χ3v) is 5.05. The van der Waals surface area contributed by atoms with Gasteiger partial charge in [-0.2, -0.15) is 13.2 Å². The highest BCUT2D eigenvalue weighted by atomic mass is 19.4. The Morgan fingerprint density at radius 2 is 1.61 bits per heavy atom. The molecule has 28 heavy (non-hydrogen) atoms. The van der Waals surface area contributed by atoms with Crippen LogP contribution in [0.1, 0.15) is 25.3 Å². The van der Waals surface area contributed by atoms with Crippen molar-refractivity contribution in [1.82, 2.24) is 4.90 Å². The average Bonchev–Trinajstić information content (AvgIpc) is 2.64. The highest BCUT2D eigenvalue weighted by molar-refractivity contribution is 5.34. The van der Waals surface area contributed by atoms with Crippen molar-refractivity contribution in [2.24, 2.45) is 0 Å². The van der Waals surface area contributed by atoms with Crippen LogP contribution < -0.4 is 9.47 Å². The lowest BCUT2D eigenvalue weighted by atomic mass is 9.93. The summed E-state index contributed by atoms with van der Waals surface area (Å²) < 4.78 is 49.9. The second-order valence-corrected chi connectivity index (χ2v) is 7.45. The Hall–Kier alpha value is -2.21. The van der Waals surface area contributed by atoms with Gasteiger partial charge in [0.2, 0.25) is 0 Å². The first-order chi connectivity index (χ1) is 13.3. The fourth-order valence-electron chi connectivity index (χ4n) is 3.42. The van der Waals surface area contributed by atoms with E-state index < -0.39 is 12.6 Å². The summed E-state index contributed by atoms with van der Waals surface area (Å²) in [6, 6.07) is 16.2. The van der Waals surface area contributed by atoms with Crippen molar-refractivity contribution in [3.05, 3.63) is 60.2 Å². The number of hydrogen-bond acceptors (Lipinski definition) is 3. The van der Waals surface area contributed by atoms with Crippen LogP contribution in [0.3, 0.4) is 0 Å². The molecule has 1 aliphatic rings. The molecule has 152 valence electrons. The van der Waals surface area contributed by atoms with Gasteiger partial charge in [-0.25, -0.2) is 0 Å². The monoisotopic (exact) mass is 393 g/mol. The average molecular weight is 393 g/mol. The quantitative estimate of drug-likeness (QED) is 0.653. The summed E-state index contributed by atoms with van der Waals surface area (Å²) in [6.07, 6.45) is -3.42. The summed E-state index contributed by atoms with van der Waals surface area (Å²) in [5, 5.41) is 0. The number of benzene rings is 2. The van der Waals surface area contributed by atoms with Crippen LogP contribution in [-0.4, -0.2) is 42.9 Å². The molecule has 2 aromatic rings. The summed E-state index contributed by atoms with van der Waals surface area (Å²) in [5.74, 6) is 1.19. The number of hydrogen-bond donors (Lipinski definition) is 0. The van der Waals surface area contributed by atoms with Crippen molar-refractivity contribution >= 4 is 0 Å². The molecule has 3 nitrogen and oxygen atoms in total. The van der Waals surface area contributed by atoms with Crippen LogP contribution in [-0.2, 0) is 6.42 Å². The number of halogens is 3. The molecule has 0 bridgehead atoms. The number of alkyl halides is 3. The van der Waals surface area contributed by atoms with Crippen LogP contribution in [0.25, 0.3) is 0 Å². The van der Waals surface area contributed by atoms with E-state index in [0.29, 0.717) is 18.9 Å². The second kappa shape index (κ2) is 8.86. The molecule has 0 saturated carbocycles. The molecule has 6 heteroatoms. The van der Waals surface area contributed by atoms with Crippen molar-refractivity contribution in [3.63, 3.8) is 0 Å². The predicted molar refractivity (Wildman–Crippen MR) is 103 cm³/mol. The van der Waals surface area contributed by atoms with Gasteiger partial charge in [0.1, 0.15) is 23.7 Å². The molecule has 1 aliphatic heterocycles. The highest BCUT2D eigenvalue weighted by Gasteiger charge is 2.32. The first kappa shape index (κ1) is 20.5. The molecule has 0 spiro atoms. The van der Waals surface area contributed by atoms with E-state index in [1.165, 1.54) is 6.07 Å². The predicted octanol–water partition coefficient (Wildman–Crippen LogP) is 5.10. The fourth-order valence-corrected chi connectivity index (χ4v) is 3.42. The maximum absolute atomic E-state index is 12.7. The minimum absolute atomic E-state index is 0.178. The van der Waals surface area contributed by atoms with E-state index >= 15 is 0 Å². The summed E-state index contributed by atoms with van der Waals surface area (Å²) >= 11 is 0. The molecule has 1 saturated heterocycles. The zero-order valence-corrected chi connectivity index (χ0v) is 16.0. The van der Waals surface area contributed by atoms with Crippen molar-refractivity contribution < 1.29 is 22.6 Å². The van der Waals surface area contributed by atoms with Crippen LogP contribution >= 0.6 is 0 Å². The largest absolute Gasteiger partial charge is 0.492 e. The van der Waals surface area contributed by atoms with E-state index in [0.717, 1.165) is 31.7 Å². The molecule has 2 aromatic carbocycles. The van der Waals surface area contributed by atoms with Gasteiger partial charge in [-0.05, 0) is 38.0 Å². The topological polar surface area (TPSA) is 21.7 Å². The van der Waals surface area contributed by atoms with Gasteiger partial charge >= 0.3 is 6.18 Å². The van der Waals surface area contributed by atoms with Gasteiger partial charge in [0.25, 0.3) is 0 Å². The van der Waals surface area contributed by atoms with Gasteiger partial charge in [-0.15, -0.1) is 0 Å². The molecule has 0 N–H and O–H groups in total. The number of piperidine rings is 1. The van der Waals surface area contributed by atoms with Crippen molar-refractivity contribution in [2.45, 2.75) is 38.0 Å². The van der Waals surface area contributed by atoms with Gasteiger partial charge < -0.3 is 9.47 Å². The third kappa shape index (κ3) is 6.16. The molecule has 0 amide bonds. The van der Waals surface area contributed by atoms with E-state index in [4.69, 9.17) is 9.47 Å². The van der Waals surface area contributed by atoms with E-state index in [-0.39, 0.29) is 11.2 Å². The molecule has 0 atom stereocenters. The third-order valence-electron chi connectivity index (χ3n) is 5.05. The number of para-hydroxylation sites is 2. The maximum Gasteiger partial charge on any atom is 0.393 e. The lowest BCUT2D eigenvalue weighted by Gasteiger charge is -2.39. The minimum Gasteiger partial charge on any atom is -0.492 e. The Morgan fingerprint density at radius 3 is 2.29 bits per heavy atom. The molecule has 1 heterocycles. The van der Waals surface area contributed by atoms with Gasteiger partial charge in [0.15, 0.2) is 0 Å². The zero-order chi connectivity index (χ0) is 20.0. The number of ether oxygens (including phenoxy) is 2. The van der Waals surface area contributed by atoms with E-state index in [1.807, 2.05) is 30.3 Å². The standard InChI is InChI=1S/C22H26F3NO2/c1-21(28-19-8-3-2-4-9-19)11-13-26(14-12-21)15-16-27-20-10-6-5-7-18(20)17-22(23,24)25/h2-10H,11-17H2,1H3. The van der Waals surface area contributed by atoms with Gasteiger partial charge in [0.05, 0.1) is 6.42 Å². The summed E-state index contributed by atoms with van der Waals surface area (Å²) in [6.45, 7) is 4.92. The molecular weight excluding hydrogens is 367 g/mol. The molecule has 0 aromatic heterocycles. The number of likely N-dealkylation sites (tertiary alicyclic amines) is 1. The first-order valence-electron chi connectivity index (χ1n) is 9.57. The van der Waals surface area contributed by atoms with Crippen LogP contribution in [0.15, 0.2) is 54.6 Å². The SMILES string of the molecule is CC1(Oc2ccccc2)CCN(CCOc2ccccc2CC(F)(F)F)CC1. The lowest BCUT2D eigenvalue weighted by Crippen LogP contribution is -2.47. The molecule has 0 unspecified atom stereocenters. The molecule has 3 rings (SSSR count). The van der Waals surface area contributed by atoms with Crippen molar-refractivity contribution in [2.75, 3.05) is 26.2 Å². The number of nitrogens with zero attached hydrogens (tertiary/aromatic N) is 1. The normalized spacial score (nSPS) is 17.3. The summed E-state index contributed by atoms with van der Waals surface area (Å²) in [7, 11) is 0. The lowest BCUT2D eigenvalue weighted by molar-refractivity contribution is -0.127. The van der Waals surface area contributed by atoms with Crippen molar-refractivity contribution in [3.8, 4) is 11.5 Å². The minimum atomic E-state index is -4.24. The van der Waals surface area contributed by atoms with Gasteiger partial charge in [-0.1, -0.05) is 36.4 Å². The zero-order valence-electron chi connectivity index (χ0n) is 16.0. The van der Waals surface area contributed by atoms with Crippen LogP contribution in [0.4, 0.5) is 13.2 Å². The van der Waals surface area contributed by atoms with Gasteiger partial charge in [0, 0.05) is 25.2 Å². The summed E-state index contributed by atoms with van der Waals surface area (Å²) in [5.41, 5.74) is -0.0182. The van der Waals surface area contributed by atoms with E-state index in [9.17, 15) is 13.2 Å². The molecule has 1 fully saturated rings. The Bertz CT molecular complexity index is 741. The maximum atomic E-state index is 12.7. The fraction of sp³-hybridized carbons (Fsp3) is 0.455. The van der Waals surface area contributed by atoms with Gasteiger partial charge in [-0.3, -0.25) is 4.90 Å².